The molecule has 12 heavy (non-hydrogen) atoms. The number of rotatable bonds is 2. The molecule has 1 aliphatic heterocycles. The van der Waals surface area contributed by atoms with Gasteiger partial charge in [-0.3, -0.25) is 4.79 Å². The maximum absolute atomic E-state index is 11.2. The molecule has 1 amide bonds. The fourth-order valence-corrected chi connectivity index (χ4v) is 1.39. The molecule has 0 saturated carbocycles. The highest BCUT2D eigenvalue weighted by Gasteiger charge is 2.21. The number of nitrogens with zero attached hydrogens (tertiary/aromatic N) is 1. The van der Waals surface area contributed by atoms with E-state index in [0.717, 1.165) is 19.5 Å². The fraction of sp³-hybridized carbons (Fsp3) is 0.875. The zero-order valence-corrected chi connectivity index (χ0v) is 7.71. The number of hydrogen-bond donors (Lipinski definition) is 2. The van der Waals surface area contributed by atoms with Crippen molar-refractivity contribution in [2.45, 2.75) is 25.4 Å². The van der Waals surface area contributed by atoms with Crippen molar-refractivity contribution in [3.8, 4) is 0 Å². The average Bonchev–Trinajstić information content (AvgIpc) is 2.35. The molecule has 0 aromatic carbocycles. The first-order valence-corrected chi connectivity index (χ1v) is 4.34. The lowest BCUT2D eigenvalue weighted by Crippen LogP contribution is -2.44. The Hall–Kier alpha value is -0.610. The van der Waals surface area contributed by atoms with E-state index in [1.165, 1.54) is 0 Å². The zero-order valence-electron chi connectivity index (χ0n) is 7.71. The van der Waals surface area contributed by atoms with Gasteiger partial charge in [0, 0.05) is 12.6 Å². The lowest BCUT2D eigenvalue weighted by Gasteiger charge is -2.14. The van der Waals surface area contributed by atoms with Gasteiger partial charge in [0.15, 0.2) is 0 Å². The van der Waals surface area contributed by atoms with Crippen LogP contribution < -0.4 is 11.1 Å². The molecule has 4 nitrogen and oxygen atoms in total. The molecule has 2 atom stereocenters. The molecule has 0 aliphatic carbocycles. The molecule has 1 saturated heterocycles. The second-order valence-corrected chi connectivity index (χ2v) is 3.55. The minimum Gasteiger partial charge on any atom is -0.351 e. The van der Waals surface area contributed by atoms with E-state index in [4.69, 9.17) is 5.73 Å². The van der Waals surface area contributed by atoms with Crippen LogP contribution in [0, 0.1) is 0 Å². The van der Waals surface area contributed by atoms with Crippen LogP contribution in [0.2, 0.25) is 0 Å². The SMILES string of the molecule is C[C@@H](N)C(=O)NC1CCN(C)C1. The van der Waals surface area contributed by atoms with E-state index >= 15 is 0 Å². The third-order valence-electron chi connectivity index (χ3n) is 2.15. The largest absolute Gasteiger partial charge is 0.351 e. The summed E-state index contributed by atoms with van der Waals surface area (Å²) in [6.07, 6.45) is 1.04. The second-order valence-electron chi connectivity index (χ2n) is 3.55. The van der Waals surface area contributed by atoms with Gasteiger partial charge >= 0.3 is 0 Å². The minimum absolute atomic E-state index is 0.0460. The Balaban J connectivity index is 2.28. The van der Waals surface area contributed by atoms with Gasteiger partial charge < -0.3 is 16.0 Å². The summed E-state index contributed by atoms with van der Waals surface area (Å²) in [5.41, 5.74) is 5.42. The number of nitrogens with one attached hydrogen (secondary N) is 1. The van der Waals surface area contributed by atoms with Crippen LogP contribution in [0.25, 0.3) is 0 Å². The van der Waals surface area contributed by atoms with Crippen molar-refractivity contribution in [3.05, 3.63) is 0 Å². The number of carbonyl (C=O) groups is 1. The van der Waals surface area contributed by atoms with E-state index in [1.807, 2.05) is 0 Å². The van der Waals surface area contributed by atoms with Crippen LogP contribution in [-0.4, -0.2) is 43.0 Å². The van der Waals surface area contributed by atoms with E-state index in [1.54, 1.807) is 6.92 Å². The molecule has 0 aromatic heterocycles. The lowest BCUT2D eigenvalue weighted by molar-refractivity contribution is -0.122. The number of nitrogens with two attached hydrogens (primary N) is 1. The fourth-order valence-electron chi connectivity index (χ4n) is 1.39. The standard InChI is InChI=1S/C8H17N3O/c1-6(9)8(12)10-7-3-4-11(2)5-7/h6-7H,3-5,9H2,1-2H3,(H,10,12)/t6-,7?/m1/s1. The van der Waals surface area contributed by atoms with Crippen molar-refractivity contribution < 1.29 is 4.79 Å². The first-order valence-electron chi connectivity index (χ1n) is 4.34. The van der Waals surface area contributed by atoms with Crippen molar-refractivity contribution >= 4 is 5.91 Å². The lowest BCUT2D eigenvalue weighted by atomic mass is 10.2. The number of carbonyl (C=O) groups excluding carboxylic acids is 1. The highest BCUT2D eigenvalue weighted by Crippen LogP contribution is 2.05. The molecule has 1 rings (SSSR count). The van der Waals surface area contributed by atoms with Crippen molar-refractivity contribution in [1.82, 2.24) is 10.2 Å². The number of amides is 1. The van der Waals surface area contributed by atoms with Crippen LogP contribution in [0.3, 0.4) is 0 Å². The van der Waals surface area contributed by atoms with Gasteiger partial charge in [-0.1, -0.05) is 0 Å². The third kappa shape index (κ3) is 2.46. The van der Waals surface area contributed by atoms with Gasteiger partial charge in [0.2, 0.25) is 5.91 Å². The predicted molar refractivity (Wildman–Crippen MR) is 47.7 cm³/mol. The molecule has 1 heterocycles. The molecule has 1 unspecified atom stereocenters. The van der Waals surface area contributed by atoms with Crippen LogP contribution in [0.4, 0.5) is 0 Å². The van der Waals surface area contributed by atoms with Gasteiger partial charge in [-0.05, 0) is 26.9 Å². The molecule has 70 valence electrons. The Kier molecular flexibility index (Phi) is 3.05. The van der Waals surface area contributed by atoms with Crippen LogP contribution in [0.5, 0.6) is 0 Å². The summed E-state index contributed by atoms with van der Waals surface area (Å²) in [6, 6.07) is -0.0931. The maximum Gasteiger partial charge on any atom is 0.236 e. The van der Waals surface area contributed by atoms with Gasteiger partial charge in [-0.2, -0.15) is 0 Å². The summed E-state index contributed by atoms with van der Waals surface area (Å²) >= 11 is 0. The molecule has 1 fully saturated rings. The first kappa shape index (κ1) is 9.48. The number of likely N-dealkylation sites (tertiary alicyclic amines) is 1. The summed E-state index contributed by atoms with van der Waals surface area (Å²) in [7, 11) is 2.05. The van der Waals surface area contributed by atoms with Crippen LogP contribution >= 0.6 is 0 Å². The van der Waals surface area contributed by atoms with Crippen molar-refractivity contribution in [1.29, 1.82) is 0 Å². The highest BCUT2D eigenvalue weighted by atomic mass is 16.2. The summed E-state index contributed by atoms with van der Waals surface area (Å²) in [5, 5.41) is 2.90. The second kappa shape index (κ2) is 3.87. The Morgan fingerprint density at radius 3 is 2.83 bits per heavy atom. The third-order valence-corrected chi connectivity index (χ3v) is 2.15. The van der Waals surface area contributed by atoms with Crippen LogP contribution in [0.1, 0.15) is 13.3 Å². The van der Waals surface area contributed by atoms with Gasteiger partial charge in [0.1, 0.15) is 0 Å². The predicted octanol–water partition coefficient (Wildman–Crippen LogP) is -0.846. The number of hydrogen-bond acceptors (Lipinski definition) is 3. The van der Waals surface area contributed by atoms with E-state index in [0.29, 0.717) is 6.04 Å². The molecule has 4 heteroatoms. The molecular weight excluding hydrogens is 154 g/mol. The molecule has 0 spiro atoms. The van der Waals surface area contributed by atoms with Gasteiger partial charge in [-0.15, -0.1) is 0 Å². The highest BCUT2D eigenvalue weighted by molar-refractivity contribution is 5.81. The molecule has 0 aromatic rings. The average molecular weight is 171 g/mol. The Labute approximate surface area is 73.1 Å². The summed E-state index contributed by atoms with van der Waals surface area (Å²) in [4.78, 5) is 13.4. The smallest absolute Gasteiger partial charge is 0.236 e. The quantitative estimate of drug-likeness (QED) is 0.569. The minimum atomic E-state index is -0.393. The number of likely N-dealkylation sites (N-methyl/N-ethyl adjacent to an activating group) is 1. The topological polar surface area (TPSA) is 58.4 Å². The van der Waals surface area contributed by atoms with Gasteiger partial charge in [-0.25, -0.2) is 0 Å². The Morgan fingerprint density at radius 1 is 1.75 bits per heavy atom. The Bertz CT molecular complexity index is 170. The first-order chi connectivity index (χ1) is 5.59. The zero-order chi connectivity index (χ0) is 9.14. The summed E-state index contributed by atoms with van der Waals surface area (Å²) in [5.74, 6) is -0.0460. The normalized spacial score (nSPS) is 27.1. The molecule has 0 bridgehead atoms. The van der Waals surface area contributed by atoms with Crippen LogP contribution in [0.15, 0.2) is 0 Å². The Morgan fingerprint density at radius 2 is 2.42 bits per heavy atom. The maximum atomic E-state index is 11.2. The molecule has 0 radical (unpaired) electrons. The van der Waals surface area contributed by atoms with Crippen molar-refractivity contribution in [2.24, 2.45) is 5.73 Å². The molecular formula is C8H17N3O. The van der Waals surface area contributed by atoms with E-state index < -0.39 is 6.04 Å². The van der Waals surface area contributed by atoms with E-state index in [9.17, 15) is 4.79 Å². The van der Waals surface area contributed by atoms with E-state index in [2.05, 4.69) is 17.3 Å². The monoisotopic (exact) mass is 171 g/mol. The molecule has 3 N–H and O–H groups in total. The van der Waals surface area contributed by atoms with Crippen molar-refractivity contribution in [3.63, 3.8) is 0 Å². The van der Waals surface area contributed by atoms with Crippen molar-refractivity contribution in [2.75, 3.05) is 20.1 Å². The van der Waals surface area contributed by atoms with E-state index in [-0.39, 0.29) is 5.91 Å². The molecule has 1 aliphatic rings. The summed E-state index contributed by atoms with van der Waals surface area (Å²) in [6.45, 7) is 3.70. The van der Waals surface area contributed by atoms with Crippen LogP contribution in [-0.2, 0) is 4.79 Å². The summed E-state index contributed by atoms with van der Waals surface area (Å²) < 4.78 is 0. The van der Waals surface area contributed by atoms with Gasteiger partial charge in [0.05, 0.1) is 6.04 Å². The van der Waals surface area contributed by atoms with Gasteiger partial charge in [0.25, 0.3) is 0 Å².